The van der Waals surface area contributed by atoms with Gasteiger partial charge in [-0.15, -0.1) is 0 Å². The first kappa shape index (κ1) is 24.6. The zero-order valence-electron chi connectivity index (χ0n) is 17.6. The molecule has 1 aromatic rings. The number of hydrogen-bond donors (Lipinski definition) is 3. The van der Waals surface area contributed by atoms with Gasteiger partial charge in [0.2, 0.25) is 5.91 Å². The number of rotatable bonds is 12. The molecule has 0 radical (unpaired) electrons. The molecule has 0 bridgehead atoms. The molecule has 1 saturated heterocycles. The van der Waals surface area contributed by atoms with Crippen molar-refractivity contribution in [2.45, 2.75) is 77.4 Å². The Morgan fingerprint density at radius 1 is 1.11 bits per heavy atom. The maximum atomic E-state index is 11.6. The average Bonchev–Trinajstić information content (AvgIpc) is 2.73. The minimum absolute atomic E-state index is 0.122. The standard InChI is InChI=1S/C14H28N2O2.C9H12O/c1-2-3-4-5-6-7-8-9-13(17)16-14-12-15-10-11-18-14;10-8-4-7-9-5-2-1-3-6-9/h14-15H,2-12H2,1H3,(H,16,17);1-3,5-6,10H,4,7-8H2. The van der Waals surface area contributed by atoms with E-state index in [1.165, 1.54) is 44.1 Å². The number of benzene rings is 1. The molecular weight excluding hydrogens is 352 g/mol. The van der Waals surface area contributed by atoms with Gasteiger partial charge in [0.25, 0.3) is 0 Å². The summed E-state index contributed by atoms with van der Waals surface area (Å²) in [6.07, 6.45) is 11.1. The average molecular weight is 393 g/mol. The van der Waals surface area contributed by atoms with E-state index in [1.54, 1.807) is 0 Å². The highest BCUT2D eigenvalue weighted by molar-refractivity contribution is 5.76. The molecule has 1 aromatic carbocycles. The van der Waals surface area contributed by atoms with E-state index in [2.05, 4.69) is 29.7 Å². The van der Waals surface area contributed by atoms with Gasteiger partial charge < -0.3 is 20.5 Å². The summed E-state index contributed by atoms with van der Waals surface area (Å²) >= 11 is 0. The smallest absolute Gasteiger partial charge is 0.222 e. The van der Waals surface area contributed by atoms with Crippen molar-refractivity contribution in [2.75, 3.05) is 26.3 Å². The topological polar surface area (TPSA) is 70.6 Å². The van der Waals surface area contributed by atoms with Crippen LogP contribution in [0.25, 0.3) is 0 Å². The second kappa shape index (κ2) is 17.7. The number of hydrogen-bond acceptors (Lipinski definition) is 4. The lowest BCUT2D eigenvalue weighted by Crippen LogP contribution is -2.48. The van der Waals surface area contributed by atoms with Crippen LogP contribution < -0.4 is 10.6 Å². The fraction of sp³-hybridized carbons (Fsp3) is 0.696. The molecule has 160 valence electrons. The van der Waals surface area contributed by atoms with Crippen LogP contribution in [0.3, 0.4) is 0 Å². The molecule has 0 aromatic heterocycles. The number of aliphatic hydroxyl groups is 1. The predicted octanol–water partition coefficient (Wildman–Crippen LogP) is 3.80. The first-order chi connectivity index (χ1) is 13.8. The van der Waals surface area contributed by atoms with Gasteiger partial charge in [-0.3, -0.25) is 4.79 Å². The normalized spacial score (nSPS) is 16.1. The van der Waals surface area contributed by atoms with Crippen LogP contribution in [0.5, 0.6) is 0 Å². The van der Waals surface area contributed by atoms with Crippen LogP contribution in [0.4, 0.5) is 0 Å². The Labute approximate surface area is 171 Å². The molecule has 2 rings (SSSR count). The molecule has 0 spiro atoms. The molecule has 1 aliphatic rings. The Kier molecular flexibility index (Phi) is 15.5. The summed E-state index contributed by atoms with van der Waals surface area (Å²) < 4.78 is 5.43. The number of aryl methyl sites for hydroxylation is 1. The van der Waals surface area contributed by atoms with Crippen LogP contribution in [0.2, 0.25) is 0 Å². The number of aliphatic hydroxyl groups excluding tert-OH is 1. The van der Waals surface area contributed by atoms with Crippen LogP contribution in [0.15, 0.2) is 30.3 Å². The Balaban J connectivity index is 0.000000330. The lowest BCUT2D eigenvalue weighted by molar-refractivity contribution is -0.126. The number of carbonyl (C=O) groups is 1. The number of nitrogens with one attached hydrogen (secondary N) is 2. The quantitative estimate of drug-likeness (QED) is 0.473. The van der Waals surface area contributed by atoms with Crippen molar-refractivity contribution in [2.24, 2.45) is 0 Å². The summed E-state index contributed by atoms with van der Waals surface area (Å²) in [5, 5.41) is 14.6. The van der Waals surface area contributed by atoms with Crippen molar-refractivity contribution in [1.82, 2.24) is 10.6 Å². The summed E-state index contributed by atoms with van der Waals surface area (Å²) in [6.45, 7) is 4.80. The van der Waals surface area contributed by atoms with Gasteiger partial charge in [-0.1, -0.05) is 75.8 Å². The van der Waals surface area contributed by atoms with Crippen molar-refractivity contribution in [1.29, 1.82) is 0 Å². The Hall–Kier alpha value is -1.43. The molecule has 3 N–H and O–H groups in total. The largest absolute Gasteiger partial charge is 0.396 e. The number of morpholine rings is 1. The zero-order chi connectivity index (χ0) is 20.3. The van der Waals surface area contributed by atoms with E-state index in [0.717, 1.165) is 32.4 Å². The predicted molar refractivity (Wildman–Crippen MR) is 115 cm³/mol. The lowest BCUT2D eigenvalue weighted by Gasteiger charge is -2.24. The summed E-state index contributed by atoms with van der Waals surface area (Å²) in [5.74, 6) is 0.122. The van der Waals surface area contributed by atoms with Crippen LogP contribution in [-0.2, 0) is 16.0 Å². The van der Waals surface area contributed by atoms with Gasteiger partial charge in [0.05, 0.1) is 6.61 Å². The summed E-state index contributed by atoms with van der Waals surface area (Å²) in [6, 6.07) is 10.2. The maximum Gasteiger partial charge on any atom is 0.222 e. The molecule has 1 unspecified atom stereocenters. The first-order valence-corrected chi connectivity index (χ1v) is 11.0. The van der Waals surface area contributed by atoms with Crippen LogP contribution >= 0.6 is 0 Å². The Morgan fingerprint density at radius 3 is 2.46 bits per heavy atom. The van der Waals surface area contributed by atoms with Crippen LogP contribution in [0.1, 0.15) is 70.3 Å². The van der Waals surface area contributed by atoms with Gasteiger partial charge in [0, 0.05) is 26.1 Å². The first-order valence-electron chi connectivity index (χ1n) is 11.0. The lowest BCUT2D eigenvalue weighted by atomic mass is 10.1. The van der Waals surface area contributed by atoms with Crippen LogP contribution in [0, 0.1) is 0 Å². The highest BCUT2D eigenvalue weighted by Crippen LogP contribution is 2.08. The molecule has 1 amide bonds. The van der Waals surface area contributed by atoms with E-state index in [9.17, 15) is 4.79 Å². The van der Waals surface area contributed by atoms with E-state index in [-0.39, 0.29) is 18.7 Å². The zero-order valence-corrected chi connectivity index (χ0v) is 17.6. The molecule has 1 fully saturated rings. The van der Waals surface area contributed by atoms with Crippen molar-refractivity contribution >= 4 is 5.91 Å². The fourth-order valence-corrected chi connectivity index (χ4v) is 3.08. The molecule has 5 heteroatoms. The Morgan fingerprint density at radius 2 is 1.82 bits per heavy atom. The molecule has 1 aliphatic heterocycles. The third-order valence-electron chi connectivity index (χ3n) is 4.72. The van der Waals surface area contributed by atoms with E-state index < -0.39 is 0 Å². The second-order valence-corrected chi connectivity index (χ2v) is 7.32. The molecule has 0 saturated carbocycles. The highest BCUT2D eigenvalue weighted by Gasteiger charge is 2.14. The molecule has 1 atom stereocenters. The number of amides is 1. The van der Waals surface area contributed by atoms with Gasteiger partial charge in [-0.25, -0.2) is 0 Å². The third kappa shape index (κ3) is 13.7. The SMILES string of the molecule is CCCCCCCCCC(=O)NC1CNCCO1.OCCCc1ccccc1. The molecule has 0 aliphatic carbocycles. The van der Waals surface area contributed by atoms with Crippen LogP contribution in [-0.4, -0.2) is 43.5 Å². The van der Waals surface area contributed by atoms with Gasteiger partial charge in [0.1, 0.15) is 6.23 Å². The van der Waals surface area contributed by atoms with E-state index in [4.69, 9.17) is 9.84 Å². The second-order valence-electron chi connectivity index (χ2n) is 7.32. The van der Waals surface area contributed by atoms with Gasteiger partial charge in [-0.05, 0) is 24.8 Å². The van der Waals surface area contributed by atoms with Crippen molar-refractivity contribution < 1.29 is 14.6 Å². The minimum atomic E-state index is -0.129. The number of unbranched alkanes of at least 4 members (excludes halogenated alkanes) is 6. The van der Waals surface area contributed by atoms with Crippen molar-refractivity contribution in [3.05, 3.63) is 35.9 Å². The van der Waals surface area contributed by atoms with Gasteiger partial charge >= 0.3 is 0 Å². The van der Waals surface area contributed by atoms with Crippen molar-refractivity contribution in [3.8, 4) is 0 Å². The summed E-state index contributed by atoms with van der Waals surface area (Å²) in [4.78, 5) is 11.6. The highest BCUT2D eigenvalue weighted by atomic mass is 16.5. The third-order valence-corrected chi connectivity index (χ3v) is 4.72. The summed E-state index contributed by atoms with van der Waals surface area (Å²) in [5.41, 5.74) is 1.30. The fourth-order valence-electron chi connectivity index (χ4n) is 3.08. The molecule has 1 heterocycles. The molecule has 5 nitrogen and oxygen atoms in total. The monoisotopic (exact) mass is 392 g/mol. The molecule has 28 heavy (non-hydrogen) atoms. The number of ether oxygens (including phenoxy) is 1. The van der Waals surface area contributed by atoms with Gasteiger partial charge in [0.15, 0.2) is 0 Å². The van der Waals surface area contributed by atoms with Gasteiger partial charge in [-0.2, -0.15) is 0 Å². The minimum Gasteiger partial charge on any atom is -0.396 e. The maximum absolute atomic E-state index is 11.6. The number of carbonyl (C=O) groups excluding carboxylic acids is 1. The van der Waals surface area contributed by atoms with E-state index in [1.807, 2.05) is 18.2 Å². The molecular formula is C23H40N2O3. The Bertz CT molecular complexity index is 476. The summed E-state index contributed by atoms with van der Waals surface area (Å²) in [7, 11) is 0. The van der Waals surface area contributed by atoms with Crippen molar-refractivity contribution in [3.63, 3.8) is 0 Å². The van der Waals surface area contributed by atoms with E-state index >= 15 is 0 Å². The van der Waals surface area contributed by atoms with E-state index in [0.29, 0.717) is 13.0 Å².